The Morgan fingerprint density at radius 2 is 2.04 bits per heavy atom. The second-order valence-corrected chi connectivity index (χ2v) is 7.47. The lowest BCUT2D eigenvalue weighted by atomic mass is 10.0. The number of guanidine groups is 1. The van der Waals surface area contributed by atoms with Crippen molar-refractivity contribution in [3.05, 3.63) is 48.0 Å². The molecule has 1 heterocycles. The van der Waals surface area contributed by atoms with Gasteiger partial charge in [0.1, 0.15) is 6.54 Å². The summed E-state index contributed by atoms with van der Waals surface area (Å²) in [5.74, 6) is 0.667. The molecule has 0 aromatic heterocycles. The summed E-state index contributed by atoms with van der Waals surface area (Å²) in [5.41, 5.74) is 2.36. The topological polar surface area (TPSA) is 60.0 Å². The van der Waals surface area contributed by atoms with Crippen LogP contribution in [-0.2, 0) is 11.3 Å². The predicted octanol–water partition coefficient (Wildman–Crippen LogP) is 2.47. The van der Waals surface area contributed by atoms with E-state index in [0.29, 0.717) is 18.5 Å². The van der Waals surface area contributed by atoms with Gasteiger partial charge in [0.05, 0.1) is 0 Å². The number of carbonyl (C=O) groups excluding carboxylic acids is 1. The van der Waals surface area contributed by atoms with Crippen LogP contribution in [-0.4, -0.2) is 68.0 Å². The van der Waals surface area contributed by atoms with E-state index in [4.69, 9.17) is 0 Å². The minimum absolute atomic E-state index is 0. The summed E-state index contributed by atoms with van der Waals surface area (Å²) < 4.78 is 0. The highest BCUT2D eigenvalue weighted by Crippen LogP contribution is 2.13. The molecule has 6 nitrogen and oxygen atoms in total. The molecule has 7 heteroatoms. The van der Waals surface area contributed by atoms with Gasteiger partial charge in [0, 0.05) is 39.8 Å². The number of likely N-dealkylation sites (tertiary alicyclic amines) is 1. The smallest absolute Gasteiger partial charge is 0.243 e. The number of hydrogen-bond donors (Lipinski definition) is 2. The molecule has 0 radical (unpaired) electrons. The normalized spacial score (nSPS) is 17.4. The summed E-state index contributed by atoms with van der Waals surface area (Å²) in [6, 6.07) is 10.9. The Labute approximate surface area is 186 Å². The Kier molecular flexibility index (Phi) is 11.1. The zero-order valence-corrected chi connectivity index (χ0v) is 19.6. The lowest BCUT2D eigenvalue weighted by molar-refractivity contribution is -0.127. The van der Waals surface area contributed by atoms with E-state index < -0.39 is 0 Å². The van der Waals surface area contributed by atoms with Crippen molar-refractivity contribution < 1.29 is 4.79 Å². The number of rotatable bonds is 7. The van der Waals surface area contributed by atoms with E-state index in [2.05, 4.69) is 57.4 Å². The van der Waals surface area contributed by atoms with Gasteiger partial charge in [0.25, 0.3) is 0 Å². The molecule has 2 N–H and O–H groups in total. The third kappa shape index (κ3) is 9.05. The molecular weight excluding hydrogens is 465 g/mol. The van der Waals surface area contributed by atoms with E-state index in [-0.39, 0.29) is 36.4 Å². The minimum atomic E-state index is -0.0132. The Morgan fingerprint density at radius 1 is 1.32 bits per heavy atom. The van der Waals surface area contributed by atoms with Gasteiger partial charge >= 0.3 is 0 Å². The number of carbonyl (C=O) groups is 1. The first-order valence-electron chi connectivity index (χ1n) is 9.59. The van der Waals surface area contributed by atoms with Crippen LogP contribution >= 0.6 is 24.0 Å². The van der Waals surface area contributed by atoms with Crippen LogP contribution in [0.2, 0.25) is 0 Å². The minimum Gasteiger partial charge on any atom is -0.353 e. The zero-order chi connectivity index (χ0) is 19.6. The molecule has 1 unspecified atom stereocenters. The molecule has 156 valence electrons. The van der Waals surface area contributed by atoms with E-state index in [0.717, 1.165) is 38.0 Å². The SMILES string of the molecule is C=C(C)CNC(=NCC(=O)N(C)C)NC1CCCN(Cc2ccccc2)C1.I. The van der Waals surface area contributed by atoms with Gasteiger partial charge in [-0.2, -0.15) is 0 Å². The molecule has 2 rings (SSSR count). The number of aliphatic imine (C=N–C) groups is 1. The Hall–Kier alpha value is -1.61. The standard InChI is InChI=1S/C21H33N5O.HI/c1-17(2)13-22-21(23-14-20(27)25(3)4)24-19-11-8-12-26(16-19)15-18-9-6-5-7-10-18;/h5-7,9-10,19H,1,8,11-16H2,2-4H3,(H2,22,23,24);1H. The molecule has 1 aliphatic rings. The van der Waals surface area contributed by atoms with Crippen molar-refractivity contribution in [2.75, 3.05) is 40.3 Å². The van der Waals surface area contributed by atoms with E-state index in [1.54, 1.807) is 19.0 Å². The predicted molar refractivity (Wildman–Crippen MR) is 127 cm³/mol. The molecule has 0 saturated carbocycles. The summed E-state index contributed by atoms with van der Waals surface area (Å²) >= 11 is 0. The van der Waals surface area contributed by atoms with Crippen molar-refractivity contribution >= 4 is 35.8 Å². The van der Waals surface area contributed by atoms with Crippen LogP contribution in [0, 0.1) is 0 Å². The average Bonchev–Trinajstić information content (AvgIpc) is 2.64. The number of piperidine rings is 1. The molecule has 1 amide bonds. The summed E-state index contributed by atoms with van der Waals surface area (Å²) in [5, 5.41) is 6.78. The maximum atomic E-state index is 11.9. The largest absolute Gasteiger partial charge is 0.353 e. The molecule has 1 saturated heterocycles. The van der Waals surface area contributed by atoms with Gasteiger partial charge < -0.3 is 15.5 Å². The Morgan fingerprint density at radius 3 is 2.68 bits per heavy atom. The van der Waals surface area contributed by atoms with E-state index in [9.17, 15) is 4.79 Å². The van der Waals surface area contributed by atoms with Crippen molar-refractivity contribution in [2.24, 2.45) is 4.99 Å². The summed E-state index contributed by atoms with van der Waals surface area (Å²) in [7, 11) is 3.49. The molecule has 0 aliphatic carbocycles. The van der Waals surface area contributed by atoms with Crippen LogP contribution in [0.15, 0.2) is 47.5 Å². The molecule has 0 bridgehead atoms. The maximum absolute atomic E-state index is 11.9. The summed E-state index contributed by atoms with van der Waals surface area (Å²) in [6.45, 7) is 9.71. The lowest BCUT2D eigenvalue weighted by Gasteiger charge is -2.34. The van der Waals surface area contributed by atoms with Crippen molar-refractivity contribution in [1.82, 2.24) is 20.4 Å². The van der Waals surface area contributed by atoms with Gasteiger partial charge in [0.15, 0.2) is 5.96 Å². The number of hydrogen-bond acceptors (Lipinski definition) is 3. The highest BCUT2D eigenvalue weighted by atomic mass is 127. The molecule has 1 aromatic carbocycles. The summed E-state index contributed by atoms with van der Waals surface area (Å²) in [6.07, 6.45) is 2.25. The van der Waals surface area contributed by atoms with Crippen molar-refractivity contribution in [3.63, 3.8) is 0 Å². The number of likely N-dealkylation sites (N-methyl/N-ethyl adjacent to an activating group) is 1. The van der Waals surface area contributed by atoms with Crippen LogP contribution in [0.3, 0.4) is 0 Å². The molecule has 28 heavy (non-hydrogen) atoms. The maximum Gasteiger partial charge on any atom is 0.243 e. The fourth-order valence-corrected chi connectivity index (χ4v) is 3.03. The second-order valence-electron chi connectivity index (χ2n) is 7.47. The molecule has 1 atom stereocenters. The average molecular weight is 499 g/mol. The van der Waals surface area contributed by atoms with Gasteiger partial charge in [-0.3, -0.25) is 9.69 Å². The monoisotopic (exact) mass is 499 g/mol. The van der Waals surface area contributed by atoms with Crippen LogP contribution in [0.4, 0.5) is 0 Å². The zero-order valence-electron chi connectivity index (χ0n) is 17.3. The van der Waals surface area contributed by atoms with Gasteiger partial charge in [-0.1, -0.05) is 42.5 Å². The van der Waals surface area contributed by atoms with Gasteiger partial charge in [-0.05, 0) is 31.9 Å². The fraction of sp³-hybridized carbons (Fsp3) is 0.524. The number of nitrogens with one attached hydrogen (secondary N) is 2. The Bertz CT molecular complexity index is 647. The number of nitrogens with zero attached hydrogens (tertiary/aromatic N) is 3. The van der Waals surface area contributed by atoms with E-state index in [1.165, 1.54) is 5.56 Å². The van der Waals surface area contributed by atoms with Crippen molar-refractivity contribution in [1.29, 1.82) is 0 Å². The first kappa shape index (κ1) is 24.4. The number of benzene rings is 1. The third-order valence-corrected chi connectivity index (χ3v) is 4.52. The van der Waals surface area contributed by atoms with Crippen molar-refractivity contribution in [3.8, 4) is 0 Å². The number of halogens is 1. The first-order chi connectivity index (χ1) is 12.9. The lowest BCUT2D eigenvalue weighted by Crippen LogP contribution is -2.51. The van der Waals surface area contributed by atoms with Crippen LogP contribution < -0.4 is 10.6 Å². The molecular formula is C21H34IN5O. The fourth-order valence-electron chi connectivity index (χ4n) is 3.03. The quantitative estimate of drug-likeness (QED) is 0.262. The third-order valence-electron chi connectivity index (χ3n) is 4.52. The number of amides is 1. The van der Waals surface area contributed by atoms with E-state index >= 15 is 0 Å². The highest BCUT2D eigenvalue weighted by molar-refractivity contribution is 14.0. The second kappa shape index (κ2) is 12.8. The molecule has 1 aromatic rings. The molecule has 0 spiro atoms. The van der Waals surface area contributed by atoms with Crippen LogP contribution in [0.1, 0.15) is 25.3 Å². The van der Waals surface area contributed by atoms with Gasteiger partial charge in [-0.25, -0.2) is 4.99 Å². The van der Waals surface area contributed by atoms with Crippen LogP contribution in [0.5, 0.6) is 0 Å². The Balaban J connectivity index is 0.00000392. The van der Waals surface area contributed by atoms with Crippen molar-refractivity contribution in [2.45, 2.75) is 32.4 Å². The molecule has 1 fully saturated rings. The highest BCUT2D eigenvalue weighted by Gasteiger charge is 2.21. The first-order valence-corrected chi connectivity index (χ1v) is 9.59. The molecule has 1 aliphatic heterocycles. The van der Waals surface area contributed by atoms with Crippen LogP contribution in [0.25, 0.3) is 0 Å². The van der Waals surface area contributed by atoms with Gasteiger partial charge in [-0.15, -0.1) is 24.0 Å². The van der Waals surface area contributed by atoms with E-state index in [1.807, 2.05) is 6.92 Å². The summed E-state index contributed by atoms with van der Waals surface area (Å²) in [4.78, 5) is 20.4. The van der Waals surface area contributed by atoms with Gasteiger partial charge in [0.2, 0.25) is 5.91 Å².